The summed E-state index contributed by atoms with van der Waals surface area (Å²) < 4.78 is 25.8. The smallest absolute Gasteiger partial charge is 0.279 e. The van der Waals surface area contributed by atoms with E-state index in [1.165, 1.54) is 31.0 Å². The van der Waals surface area contributed by atoms with E-state index in [9.17, 15) is 14.0 Å². The molecule has 4 rings (SSSR count). The largest absolute Gasteiger partial charge is 0.493 e. The first kappa shape index (κ1) is 23.4. The van der Waals surface area contributed by atoms with E-state index in [0.717, 1.165) is 11.1 Å². The Morgan fingerprint density at radius 2 is 2.00 bits per heavy atom. The van der Waals surface area contributed by atoms with Crippen molar-refractivity contribution in [1.29, 1.82) is 0 Å². The lowest BCUT2D eigenvalue weighted by Crippen LogP contribution is -2.33. The van der Waals surface area contributed by atoms with Gasteiger partial charge in [0.1, 0.15) is 18.2 Å². The van der Waals surface area contributed by atoms with Crippen LogP contribution in [0, 0.1) is 18.2 Å². The Bertz CT molecular complexity index is 1330. The van der Waals surface area contributed by atoms with E-state index in [0.29, 0.717) is 33.8 Å². The summed E-state index contributed by atoms with van der Waals surface area (Å²) in [4.78, 5) is 30.0. The molecule has 0 radical (unpaired) electrons. The van der Waals surface area contributed by atoms with E-state index < -0.39 is 11.5 Å². The summed E-state index contributed by atoms with van der Waals surface area (Å²) in [5.74, 6) is 3.22. The Morgan fingerprint density at radius 3 is 2.71 bits per heavy atom. The minimum absolute atomic E-state index is 0.0905. The molecule has 9 heteroatoms. The molecule has 0 saturated heterocycles. The Hall–Kier alpha value is -3.77. The summed E-state index contributed by atoms with van der Waals surface area (Å²) in [5.41, 5.74) is 1.62. The first-order valence-corrected chi connectivity index (χ1v) is 11.4. The quantitative estimate of drug-likeness (QED) is 0.316. The van der Waals surface area contributed by atoms with Gasteiger partial charge in [-0.05, 0) is 35.4 Å². The van der Waals surface area contributed by atoms with Crippen molar-refractivity contribution in [2.75, 3.05) is 19.0 Å². The number of methoxy groups -OCH3 is 1. The number of nitrogens with zero attached hydrogens (tertiary/aromatic N) is 2. The fourth-order valence-corrected chi connectivity index (χ4v) is 4.74. The SMILES string of the molecule is C#CCOc1ccc([C@@H]2CC(=O)Nc3c2c(=O)nc(SCc2ccc(F)cc2)n3C)cc1OC. The summed E-state index contributed by atoms with van der Waals surface area (Å²) in [6.45, 7) is 0.0905. The van der Waals surface area contributed by atoms with Crippen LogP contribution in [0.3, 0.4) is 0 Å². The summed E-state index contributed by atoms with van der Waals surface area (Å²) in [6, 6.07) is 11.4. The molecular weight excluding hydrogens is 457 g/mol. The number of nitrogens with one attached hydrogen (secondary N) is 1. The normalized spacial score (nSPS) is 14.6. The van der Waals surface area contributed by atoms with Crippen molar-refractivity contribution in [3.05, 3.63) is 75.3 Å². The van der Waals surface area contributed by atoms with Crippen LogP contribution in [0.4, 0.5) is 10.2 Å². The number of fused-ring (bicyclic) bond motifs is 1. The maximum atomic E-state index is 13.2. The molecule has 2 heterocycles. The van der Waals surface area contributed by atoms with Crippen LogP contribution in [0.1, 0.15) is 29.0 Å². The highest BCUT2D eigenvalue weighted by molar-refractivity contribution is 7.98. The number of aromatic nitrogens is 2. The van der Waals surface area contributed by atoms with Gasteiger partial charge in [-0.3, -0.25) is 9.59 Å². The highest BCUT2D eigenvalue weighted by atomic mass is 32.2. The van der Waals surface area contributed by atoms with Crippen molar-refractivity contribution in [1.82, 2.24) is 9.55 Å². The number of hydrogen-bond acceptors (Lipinski definition) is 6. The molecule has 0 saturated carbocycles. The number of ether oxygens (including phenoxy) is 2. The van der Waals surface area contributed by atoms with Crippen molar-refractivity contribution in [3.63, 3.8) is 0 Å². The number of rotatable bonds is 7. The van der Waals surface area contributed by atoms with Crippen LogP contribution in [0.25, 0.3) is 0 Å². The average Bonchev–Trinajstić information content (AvgIpc) is 2.84. The van der Waals surface area contributed by atoms with Crippen LogP contribution < -0.4 is 20.3 Å². The van der Waals surface area contributed by atoms with Gasteiger partial charge in [0.25, 0.3) is 5.56 Å². The van der Waals surface area contributed by atoms with Gasteiger partial charge in [0, 0.05) is 25.1 Å². The first-order chi connectivity index (χ1) is 16.4. The van der Waals surface area contributed by atoms with Crippen molar-refractivity contribution in [2.45, 2.75) is 23.2 Å². The van der Waals surface area contributed by atoms with Gasteiger partial charge in [0.2, 0.25) is 5.91 Å². The lowest BCUT2D eigenvalue weighted by Gasteiger charge is -2.28. The molecule has 0 aliphatic carbocycles. The van der Waals surface area contributed by atoms with Gasteiger partial charge in [-0.25, -0.2) is 4.39 Å². The molecule has 1 aliphatic heterocycles. The molecule has 0 spiro atoms. The molecule has 1 amide bonds. The highest BCUT2D eigenvalue weighted by Crippen LogP contribution is 2.39. The zero-order valence-electron chi connectivity index (χ0n) is 18.6. The third-order valence-corrected chi connectivity index (χ3v) is 6.58. The molecule has 0 fully saturated rings. The van der Waals surface area contributed by atoms with Crippen LogP contribution in [-0.2, 0) is 17.6 Å². The van der Waals surface area contributed by atoms with Crippen molar-refractivity contribution >= 4 is 23.5 Å². The number of anilines is 1. The van der Waals surface area contributed by atoms with Crippen molar-refractivity contribution < 1.29 is 18.7 Å². The zero-order chi connectivity index (χ0) is 24.2. The van der Waals surface area contributed by atoms with Gasteiger partial charge >= 0.3 is 0 Å². The Balaban J connectivity index is 1.69. The second kappa shape index (κ2) is 10.0. The van der Waals surface area contributed by atoms with E-state index in [2.05, 4.69) is 16.2 Å². The third-order valence-electron chi connectivity index (χ3n) is 5.48. The first-order valence-electron chi connectivity index (χ1n) is 10.4. The number of carbonyl (C=O) groups excluding carboxylic acids is 1. The number of halogens is 1. The van der Waals surface area contributed by atoms with Gasteiger partial charge in [-0.1, -0.05) is 35.9 Å². The van der Waals surface area contributed by atoms with Crippen molar-refractivity contribution in [2.24, 2.45) is 7.05 Å². The Morgan fingerprint density at radius 1 is 1.24 bits per heavy atom. The number of benzene rings is 2. The summed E-state index contributed by atoms with van der Waals surface area (Å²) in [7, 11) is 3.26. The van der Waals surface area contributed by atoms with E-state index in [4.69, 9.17) is 15.9 Å². The standard InChI is InChI=1S/C25H22FN3O4S/c1-4-11-33-19-10-7-16(12-20(19)32-3)18-13-21(30)27-23-22(18)24(31)28-25(29(23)2)34-14-15-5-8-17(26)9-6-15/h1,5-10,12,18H,11,13-14H2,2-3H3,(H,27,30)/t18-/m0/s1. The van der Waals surface area contributed by atoms with Crippen LogP contribution in [0.15, 0.2) is 52.4 Å². The van der Waals surface area contributed by atoms with Gasteiger partial charge < -0.3 is 19.4 Å². The molecule has 3 aromatic rings. The molecule has 0 unspecified atom stereocenters. The number of amides is 1. The molecule has 2 aromatic carbocycles. The molecule has 1 aliphatic rings. The number of carbonyl (C=O) groups is 1. The molecule has 34 heavy (non-hydrogen) atoms. The Labute approximate surface area is 200 Å². The summed E-state index contributed by atoms with van der Waals surface area (Å²) in [5, 5.41) is 3.27. The second-order valence-electron chi connectivity index (χ2n) is 7.64. The summed E-state index contributed by atoms with van der Waals surface area (Å²) in [6.07, 6.45) is 5.36. The third kappa shape index (κ3) is 4.77. The highest BCUT2D eigenvalue weighted by Gasteiger charge is 2.32. The van der Waals surface area contributed by atoms with E-state index in [1.54, 1.807) is 41.9 Å². The van der Waals surface area contributed by atoms with Crippen LogP contribution >= 0.6 is 11.8 Å². The molecule has 0 bridgehead atoms. The molecule has 174 valence electrons. The molecule has 7 nitrogen and oxygen atoms in total. The monoisotopic (exact) mass is 479 g/mol. The van der Waals surface area contributed by atoms with Gasteiger partial charge in [-0.15, -0.1) is 6.42 Å². The molecule has 1 aromatic heterocycles. The van der Waals surface area contributed by atoms with Crippen molar-refractivity contribution in [3.8, 4) is 23.8 Å². The van der Waals surface area contributed by atoms with Crippen LogP contribution in [-0.4, -0.2) is 29.2 Å². The topological polar surface area (TPSA) is 82.5 Å². The van der Waals surface area contributed by atoms with E-state index in [-0.39, 0.29) is 24.8 Å². The minimum Gasteiger partial charge on any atom is -0.493 e. The van der Waals surface area contributed by atoms with E-state index >= 15 is 0 Å². The average molecular weight is 480 g/mol. The maximum Gasteiger partial charge on any atom is 0.279 e. The summed E-state index contributed by atoms with van der Waals surface area (Å²) >= 11 is 1.33. The minimum atomic E-state index is -0.498. The van der Waals surface area contributed by atoms with E-state index in [1.807, 2.05) is 0 Å². The lowest BCUT2D eigenvalue weighted by molar-refractivity contribution is -0.116. The zero-order valence-corrected chi connectivity index (χ0v) is 19.4. The molecular formula is C25H22FN3O4S. The van der Waals surface area contributed by atoms with Gasteiger partial charge in [0.05, 0.1) is 12.7 Å². The Kier molecular flexibility index (Phi) is 6.89. The lowest BCUT2D eigenvalue weighted by atomic mass is 9.86. The predicted octanol–water partition coefficient (Wildman–Crippen LogP) is 3.71. The number of terminal acetylenes is 1. The van der Waals surface area contributed by atoms with Gasteiger partial charge in [-0.2, -0.15) is 4.98 Å². The molecule has 1 N–H and O–H groups in total. The molecule has 1 atom stereocenters. The predicted molar refractivity (Wildman–Crippen MR) is 128 cm³/mol. The fourth-order valence-electron chi connectivity index (χ4n) is 3.82. The number of thioether (sulfide) groups is 1. The van der Waals surface area contributed by atoms with Crippen LogP contribution in [0.5, 0.6) is 11.5 Å². The van der Waals surface area contributed by atoms with Gasteiger partial charge in [0.15, 0.2) is 16.7 Å². The number of hydrogen-bond donors (Lipinski definition) is 1. The van der Waals surface area contributed by atoms with Crippen LogP contribution in [0.2, 0.25) is 0 Å². The maximum absolute atomic E-state index is 13.2. The fraction of sp³-hybridized carbons (Fsp3) is 0.240. The second-order valence-corrected chi connectivity index (χ2v) is 8.59.